The molecule has 0 fully saturated rings. The van der Waals surface area contributed by atoms with Crippen LogP contribution in [0.15, 0.2) is 0 Å². The van der Waals surface area contributed by atoms with Crippen LogP contribution < -0.4 is 0 Å². The molecule has 0 rings (SSSR count). The number of carbonyl (C=O) groups is 2. The van der Waals surface area contributed by atoms with Gasteiger partial charge in [0.1, 0.15) is 9.65 Å². The van der Waals surface area contributed by atoms with Crippen molar-refractivity contribution < 1.29 is 9.59 Å². The molecule has 2 nitrogen and oxygen atoms in total. The highest BCUT2D eigenvalue weighted by Crippen LogP contribution is 2.19. The number of alkyl halides is 2. The van der Waals surface area contributed by atoms with Gasteiger partial charge in [-0.2, -0.15) is 0 Å². The third-order valence-corrected chi connectivity index (χ3v) is 4.29. The Morgan fingerprint density at radius 2 is 1.20 bits per heavy atom. The van der Waals surface area contributed by atoms with Crippen LogP contribution in [0.5, 0.6) is 0 Å². The summed E-state index contributed by atoms with van der Waals surface area (Å²) in [5, 5.41) is -1.31. The largest absolute Gasteiger partial charge is 0.280 e. The lowest BCUT2D eigenvalue weighted by molar-refractivity contribution is -0.115. The summed E-state index contributed by atoms with van der Waals surface area (Å²) in [4.78, 5) is 19.2. The van der Waals surface area contributed by atoms with E-state index in [0.29, 0.717) is 0 Å². The number of carbonyl (C=O) groups excluding carboxylic acids is 2. The lowest BCUT2D eigenvalue weighted by Gasteiger charge is -2.06. The maximum Gasteiger partial charge on any atom is 0.236 e. The predicted octanol–water partition coefficient (Wildman–Crippen LogP) is 2.04. The Morgan fingerprint density at radius 1 is 1.00 bits per heavy atom. The Kier molecular flexibility index (Phi) is 5.11. The number of hydrogen-bond acceptors (Lipinski definition) is 2. The minimum Gasteiger partial charge on any atom is -0.280 e. The van der Waals surface area contributed by atoms with Gasteiger partial charge in [-0.15, -0.1) is 0 Å². The zero-order valence-electron chi connectivity index (χ0n) is 4.48. The lowest BCUT2D eigenvalue weighted by atomic mass is 10.3. The minimum absolute atomic E-state index is 0.657. The maximum absolute atomic E-state index is 10.4. The van der Waals surface area contributed by atoms with Gasteiger partial charge in [-0.05, 0) is 23.2 Å². The molecule has 0 aromatic rings. The molecule has 0 radical (unpaired) electrons. The summed E-state index contributed by atoms with van der Waals surface area (Å²) in [6.07, 6.45) is 0. The molecule has 0 aliphatic carbocycles. The van der Waals surface area contributed by atoms with E-state index < -0.39 is 20.1 Å². The van der Waals surface area contributed by atoms with E-state index in [2.05, 4.69) is 31.9 Å². The van der Waals surface area contributed by atoms with Crippen molar-refractivity contribution in [2.45, 2.75) is 9.65 Å². The fraction of sp³-hybridized carbons (Fsp3) is 0.500. The normalized spacial score (nSPS) is 16.0. The second-order valence-corrected chi connectivity index (χ2v) is 4.13. The zero-order valence-corrected chi connectivity index (χ0v) is 9.17. The second-order valence-electron chi connectivity index (χ2n) is 1.41. The molecule has 2 unspecified atom stereocenters. The Bertz CT molecular complexity index is 143. The SMILES string of the molecule is O=C(Cl)C(Br)C(Br)C(=O)Cl. The molecule has 0 saturated heterocycles. The monoisotopic (exact) mass is 310 g/mol. The first-order valence-electron chi connectivity index (χ1n) is 2.13. The molecule has 0 aliphatic rings. The summed E-state index contributed by atoms with van der Waals surface area (Å²) in [5.74, 6) is 0. The minimum atomic E-state index is -0.765. The average Bonchev–Trinajstić information content (AvgIpc) is 1.84. The van der Waals surface area contributed by atoms with Crippen LogP contribution in [0.25, 0.3) is 0 Å². The Labute approximate surface area is 84.5 Å². The van der Waals surface area contributed by atoms with E-state index in [1.165, 1.54) is 0 Å². The number of hydrogen-bond donors (Lipinski definition) is 0. The highest BCUT2D eigenvalue weighted by molar-refractivity contribution is 9.12. The summed E-state index contributed by atoms with van der Waals surface area (Å²) in [5.41, 5.74) is 0. The van der Waals surface area contributed by atoms with Gasteiger partial charge in [0.2, 0.25) is 10.5 Å². The maximum atomic E-state index is 10.4. The van der Waals surface area contributed by atoms with Crippen molar-refractivity contribution in [3.05, 3.63) is 0 Å². The van der Waals surface area contributed by atoms with E-state index in [9.17, 15) is 9.59 Å². The quantitative estimate of drug-likeness (QED) is 0.590. The summed E-state index contributed by atoms with van der Waals surface area (Å²) < 4.78 is 0. The van der Waals surface area contributed by atoms with E-state index in [0.717, 1.165) is 0 Å². The van der Waals surface area contributed by atoms with Crippen LogP contribution in [0.4, 0.5) is 0 Å². The van der Waals surface area contributed by atoms with E-state index in [4.69, 9.17) is 23.2 Å². The number of halogens is 4. The first kappa shape index (κ1) is 10.9. The fourth-order valence-electron chi connectivity index (χ4n) is 0.230. The topological polar surface area (TPSA) is 34.1 Å². The molecule has 0 aromatic carbocycles. The highest BCUT2D eigenvalue weighted by Gasteiger charge is 2.26. The van der Waals surface area contributed by atoms with Gasteiger partial charge in [0.15, 0.2) is 0 Å². The van der Waals surface area contributed by atoms with Crippen molar-refractivity contribution in [2.24, 2.45) is 0 Å². The summed E-state index contributed by atoms with van der Waals surface area (Å²) in [6.45, 7) is 0. The second kappa shape index (κ2) is 4.70. The van der Waals surface area contributed by atoms with Gasteiger partial charge in [0.05, 0.1) is 0 Å². The fourth-order valence-corrected chi connectivity index (χ4v) is 1.27. The summed E-state index contributed by atoms with van der Waals surface area (Å²) in [6, 6.07) is 0. The van der Waals surface area contributed by atoms with Crippen molar-refractivity contribution in [2.75, 3.05) is 0 Å². The molecule has 0 heterocycles. The van der Waals surface area contributed by atoms with Gasteiger partial charge in [0.25, 0.3) is 0 Å². The third kappa shape index (κ3) is 3.32. The van der Waals surface area contributed by atoms with E-state index in [1.807, 2.05) is 0 Å². The van der Waals surface area contributed by atoms with Crippen molar-refractivity contribution in [1.82, 2.24) is 0 Å². The van der Waals surface area contributed by atoms with Gasteiger partial charge in [-0.1, -0.05) is 31.9 Å². The van der Waals surface area contributed by atoms with E-state index >= 15 is 0 Å². The summed E-state index contributed by atoms with van der Waals surface area (Å²) in [7, 11) is 0. The molecule has 0 N–H and O–H groups in total. The first-order valence-corrected chi connectivity index (χ1v) is 4.72. The molecule has 0 saturated carbocycles. The molecule has 0 bridgehead atoms. The van der Waals surface area contributed by atoms with Gasteiger partial charge >= 0.3 is 0 Å². The van der Waals surface area contributed by atoms with Crippen LogP contribution in [0.3, 0.4) is 0 Å². The van der Waals surface area contributed by atoms with Crippen LogP contribution in [0.2, 0.25) is 0 Å². The van der Waals surface area contributed by atoms with Gasteiger partial charge in [0, 0.05) is 0 Å². The van der Waals surface area contributed by atoms with Crippen LogP contribution in [0.1, 0.15) is 0 Å². The van der Waals surface area contributed by atoms with Crippen LogP contribution >= 0.6 is 55.1 Å². The van der Waals surface area contributed by atoms with Crippen LogP contribution in [-0.2, 0) is 9.59 Å². The Balaban J connectivity index is 4.07. The molecule has 0 aliphatic heterocycles. The van der Waals surface area contributed by atoms with Crippen molar-refractivity contribution in [3.8, 4) is 0 Å². The Morgan fingerprint density at radius 3 is 1.30 bits per heavy atom. The average molecular weight is 313 g/mol. The molecule has 10 heavy (non-hydrogen) atoms. The highest BCUT2D eigenvalue weighted by atomic mass is 79.9. The lowest BCUT2D eigenvalue weighted by Crippen LogP contribution is -2.25. The molecule has 58 valence electrons. The van der Waals surface area contributed by atoms with Gasteiger partial charge < -0.3 is 0 Å². The third-order valence-electron chi connectivity index (χ3n) is 0.691. The van der Waals surface area contributed by atoms with Gasteiger partial charge in [-0.25, -0.2) is 0 Å². The summed E-state index contributed by atoms with van der Waals surface area (Å²) >= 11 is 15.8. The standard InChI is InChI=1S/C4H2Br2Cl2O2/c5-1(3(7)9)2(6)4(8)10/h1-2H. The molecule has 0 aromatic heterocycles. The van der Waals surface area contributed by atoms with Crippen molar-refractivity contribution >= 4 is 65.5 Å². The van der Waals surface area contributed by atoms with Crippen molar-refractivity contribution in [3.63, 3.8) is 0 Å². The predicted molar refractivity (Wildman–Crippen MR) is 47.2 cm³/mol. The Hall–Kier alpha value is 0.880. The smallest absolute Gasteiger partial charge is 0.236 e. The number of rotatable bonds is 3. The van der Waals surface area contributed by atoms with E-state index in [1.54, 1.807) is 0 Å². The zero-order chi connectivity index (χ0) is 8.31. The first-order chi connectivity index (χ1) is 4.46. The molecular weight excluding hydrogens is 311 g/mol. The molecule has 6 heteroatoms. The molecule has 0 spiro atoms. The van der Waals surface area contributed by atoms with E-state index in [-0.39, 0.29) is 0 Å². The molecule has 2 atom stereocenters. The van der Waals surface area contributed by atoms with Crippen molar-refractivity contribution in [1.29, 1.82) is 0 Å². The van der Waals surface area contributed by atoms with Crippen LogP contribution in [-0.4, -0.2) is 20.1 Å². The van der Waals surface area contributed by atoms with Gasteiger partial charge in [-0.3, -0.25) is 9.59 Å². The van der Waals surface area contributed by atoms with Crippen LogP contribution in [0, 0.1) is 0 Å². The molecular formula is C4H2Br2Cl2O2. The molecule has 0 amide bonds.